The SMILES string of the molecule is CC(C)N1C(=O)/C(=C/c2ccc(C(C)(C)C)cc2)SC1=S. The Kier molecular flexibility index (Phi) is 4.59. The quantitative estimate of drug-likeness (QED) is 0.587. The molecule has 21 heavy (non-hydrogen) atoms. The first kappa shape index (κ1) is 16.2. The molecule has 1 heterocycles. The predicted octanol–water partition coefficient (Wildman–Crippen LogP) is 4.59. The van der Waals surface area contributed by atoms with E-state index in [2.05, 4.69) is 45.0 Å². The van der Waals surface area contributed by atoms with Gasteiger partial charge in [-0.25, -0.2) is 0 Å². The largest absolute Gasteiger partial charge is 0.290 e. The molecule has 2 nitrogen and oxygen atoms in total. The number of hydrogen-bond donors (Lipinski definition) is 0. The van der Waals surface area contributed by atoms with Crippen molar-refractivity contribution in [3.63, 3.8) is 0 Å². The monoisotopic (exact) mass is 319 g/mol. The third kappa shape index (κ3) is 3.55. The van der Waals surface area contributed by atoms with Crippen molar-refractivity contribution in [2.45, 2.75) is 46.1 Å². The molecule has 1 saturated heterocycles. The minimum atomic E-state index is 0.0138. The minimum absolute atomic E-state index is 0.0138. The normalized spacial score (nSPS) is 18.2. The lowest BCUT2D eigenvalue weighted by Gasteiger charge is -2.19. The Hall–Kier alpha value is -1.13. The number of carbonyl (C=O) groups excluding carboxylic acids is 1. The summed E-state index contributed by atoms with van der Waals surface area (Å²) in [7, 11) is 0. The average molecular weight is 319 g/mol. The van der Waals surface area contributed by atoms with Crippen molar-refractivity contribution in [3.05, 3.63) is 40.3 Å². The molecule has 0 N–H and O–H groups in total. The molecule has 0 aliphatic carbocycles. The number of hydrogen-bond acceptors (Lipinski definition) is 3. The zero-order valence-corrected chi connectivity index (χ0v) is 14.8. The second kappa shape index (κ2) is 5.93. The molecule has 0 aromatic heterocycles. The smallest absolute Gasteiger partial charge is 0.266 e. The summed E-state index contributed by atoms with van der Waals surface area (Å²) in [6.45, 7) is 10.5. The van der Waals surface area contributed by atoms with Gasteiger partial charge in [0.2, 0.25) is 0 Å². The van der Waals surface area contributed by atoms with Gasteiger partial charge in [-0.15, -0.1) is 0 Å². The molecule has 0 bridgehead atoms. The van der Waals surface area contributed by atoms with Crippen molar-refractivity contribution in [3.8, 4) is 0 Å². The van der Waals surface area contributed by atoms with Crippen molar-refractivity contribution in [1.29, 1.82) is 0 Å². The fourth-order valence-corrected chi connectivity index (χ4v) is 3.68. The van der Waals surface area contributed by atoms with Crippen LogP contribution in [0.1, 0.15) is 45.7 Å². The highest BCUT2D eigenvalue weighted by atomic mass is 32.2. The summed E-state index contributed by atoms with van der Waals surface area (Å²) in [6.07, 6.45) is 1.92. The van der Waals surface area contributed by atoms with Crippen LogP contribution in [0.15, 0.2) is 29.2 Å². The molecule has 2 rings (SSSR count). The lowest BCUT2D eigenvalue weighted by molar-refractivity contribution is -0.123. The summed E-state index contributed by atoms with van der Waals surface area (Å²) < 4.78 is 0.646. The Morgan fingerprint density at radius 1 is 1.19 bits per heavy atom. The van der Waals surface area contributed by atoms with Crippen molar-refractivity contribution in [2.75, 3.05) is 0 Å². The molecule has 1 amide bonds. The van der Waals surface area contributed by atoms with Crippen LogP contribution in [0, 0.1) is 0 Å². The van der Waals surface area contributed by atoms with Crippen LogP contribution < -0.4 is 0 Å². The fourth-order valence-electron chi connectivity index (χ4n) is 2.16. The van der Waals surface area contributed by atoms with Crippen LogP contribution in [0.4, 0.5) is 0 Å². The minimum Gasteiger partial charge on any atom is -0.290 e. The number of benzene rings is 1. The van der Waals surface area contributed by atoms with E-state index in [1.807, 2.05) is 19.9 Å². The summed E-state index contributed by atoms with van der Waals surface area (Å²) in [5.41, 5.74) is 2.46. The highest BCUT2D eigenvalue weighted by molar-refractivity contribution is 8.26. The lowest BCUT2D eigenvalue weighted by Crippen LogP contribution is -2.34. The maximum atomic E-state index is 12.3. The van der Waals surface area contributed by atoms with Gasteiger partial charge in [0.15, 0.2) is 0 Å². The summed E-state index contributed by atoms with van der Waals surface area (Å²) >= 11 is 6.67. The zero-order valence-electron chi connectivity index (χ0n) is 13.1. The Morgan fingerprint density at radius 2 is 1.76 bits per heavy atom. The molecular formula is C17H21NOS2. The average Bonchev–Trinajstić information content (AvgIpc) is 2.64. The van der Waals surface area contributed by atoms with E-state index in [0.29, 0.717) is 9.23 Å². The lowest BCUT2D eigenvalue weighted by atomic mass is 9.87. The third-order valence-corrected chi connectivity index (χ3v) is 4.74. The first-order valence-corrected chi connectivity index (χ1v) is 8.30. The van der Waals surface area contributed by atoms with Gasteiger partial charge in [-0.05, 0) is 36.5 Å². The van der Waals surface area contributed by atoms with Crippen molar-refractivity contribution in [2.24, 2.45) is 0 Å². The first-order valence-electron chi connectivity index (χ1n) is 7.08. The van der Waals surface area contributed by atoms with Gasteiger partial charge in [0.25, 0.3) is 5.91 Å². The molecule has 1 aliphatic rings. The zero-order chi connectivity index (χ0) is 15.8. The maximum Gasteiger partial charge on any atom is 0.266 e. The van der Waals surface area contributed by atoms with Gasteiger partial charge in [-0.1, -0.05) is 69.0 Å². The van der Waals surface area contributed by atoms with Crippen LogP contribution in [-0.4, -0.2) is 21.2 Å². The van der Waals surface area contributed by atoms with E-state index < -0.39 is 0 Å². The van der Waals surface area contributed by atoms with Crippen molar-refractivity contribution < 1.29 is 4.79 Å². The van der Waals surface area contributed by atoms with E-state index in [4.69, 9.17) is 12.2 Å². The standard InChI is InChI=1S/C17H21NOS2/c1-11(2)18-15(19)14(21-16(18)20)10-12-6-8-13(9-7-12)17(3,4)5/h6-11H,1-5H3/b14-10-. The molecule has 1 aromatic carbocycles. The third-order valence-electron chi connectivity index (χ3n) is 3.41. The van der Waals surface area contributed by atoms with Crippen LogP contribution in [-0.2, 0) is 10.2 Å². The van der Waals surface area contributed by atoms with Gasteiger partial charge in [0, 0.05) is 6.04 Å². The molecule has 112 valence electrons. The van der Waals surface area contributed by atoms with Crippen LogP contribution in [0.5, 0.6) is 0 Å². The predicted molar refractivity (Wildman–Crippen MR) is 95.3 cm³/mol. The molecular weight excluding hydrogens is 298 g/mol. The van der Waals surface area contributed by atoms with E-state index in [-0.39, 0.29) is 17.4 Å². The van der Waals surface area contributed by atoms with Gasteiger partial charge in [0.05, 0.1) is 4.91 Å². The molecule has 1 fully saturated rings. The maximum absolute atomic E-state index is 12.3. The number of thiocarbonyl (C=S) groups is 1. The van der Waals surface area contributed by atoms with Crippen LogP contribution >= 0.6 is 24.0 Å². The Balaban J connectivity index is 2.25. The molecule has 0 saturated carbocycles. The Bertz CT molecular complexity index is 594. The Morgan fingerprint density at radius 3 is 2.19 bits per heavy atom. The molecule has 0 atom stereocenters. The molecule has 1 aromatic rings. The van der Waals surface area contributed by atoms with Gasteiger partial charge < -0.3 is 0 Å². The fraction of sp³-hybridized carbons (Fsp3) is 0.412. The number of carbonyl (C=O) groups is 1. The van der Waals surface area contributed by atoms with Gasteiger partial charge in [0.1, 0.15) is 4.32 Å². The molecule has 4 heteroatoms. The first-order chi connectivity index (χ1) is 9.70. The molecule has 0 spiro atoms. The second-order valence-electron chi connectivity index (χ2n) is 6.52. The van der Waals surface area contributed by atoms with Crippen molar-refractivity contribution in [1.82, 2.24) is 4.90 Å². The second-order valence-corrected chi connectivity index (χ2v) is 8.19. The van der Waals surface area contributed by atoms with Gasteiger partial charge in [-0.3, -0.25) is 9.69 Å². The molecule has 1 aliphatic heterocycles. The van der Waals surface area contributed by atoms with E-state index in [0.717, 1.165) is 5.56 Å². The number of amides is 1. The number of rotatable bonds is 2. The van der Waals surface area contributed by atoms with Gasteiger partial charge in [-0.2, -0.15) is 0 Å². The molecule has 0 radical (unpaired) electrons. The van der Waals surface area contributed by atoms with Gasteiger partial charge >= 0.3 is 0 Å². The van der Waals surface area contributed by atoms with Crippen LogP contribution in [0.3, 0.4) is 0 Å². The Labute approximate surface area is 136 Å². The molecule has 0 unspecified atom stereocenters. The van der Waals surface area contributed by atoms with Crippen LogP contribution in [0.25, 0.3) is 6.08 Å². The number of thioether (sulfide) groups is 1. The highest BCUT2D eigenvalue weighted by Crippen LogP contribution is 2.34. The number of nitrogens with zero attached hydrogens (tertiary/aromatic N) is 1. The summed E-state index contributed by atoms with van der Waals surface area (Å²) in [6, 6.07) is 8.46. The van der Waals surface area contributed by atoms with E-state index in [1.54, 1.807) is 4.90 Å². The highest BCUT2D eigenvalue weighted by Gasteiger charge is 2.33. The van der Waals surface area contributed by atoms with Crippen molar-refractivity contribution >= 4 is 40.3 Å². The van der Waals surface area contributed by atoms with E-state index in [1.165, 1.54) is 17.3 Å². The van der Waals surface area contributed by atoms with E-state index in [9.17, 15) is 4.79 Å². The summed E-state index contributed by atoms with van der Waals surface area (Å²) in [5.74, 6) is 0.0138. The van der Waals surface area contributed by atoms with E-state index >= 15 is 0 Å². The summed E-state index contributed by atoms with van der Waals surface area (Å²) in [5, 5.41) is 0. The summed E-state index contributed by atoms with van der Waals surface area (Å²) in [4.78, 5) is 14.7. The topological polar surface area (TPSA) is 20.3 Å². The van der Waals surface area contributed by atoms with Crippen LogP contribution in [0.2, 0.25) is 0 Å².